The van der Waals surface area contributed by atoms with Crippen LogP contribution in [0.1, 0.15) is 48.1 Å². The molecule has 0 spiro atoms. The Bertz CT molecular complexity index is 830. The first-order chi connectivity index (χ1) is 13.5. The van der Waals surface area contributed by atoms with Gasteiger partial charge in [0.05, 0.1) is 6.04 Å². The van der Waals surface area contributed by atoms with Crippen molar-refractivity contribution >= 4 is 23.4 Å². The summed E-state index contributed by atoms with van der Waals surface area (Å²) in [4.78, 5) is 35.9. The summed E-state index contributed by atoms with van der Waals surface area (Å²) in [5.74, 6) is -0.0795. The van der Waals surface area contributed by atoms with Crippen LogP contribution in [0.2, 0.25) is 0 Å². The zero-order valence-corrected chi connectivity index (χ0v) is 15.9. The van der Waals surface area contributed by atoms with Crippen molar-refractivity contribution in [3.8, 4) is 0 Å². The number of benzene rings is 2. The first-order valence-corrected chi connectivity index (χ1v) is 9.56. The molecule has 1 saturated carbocycles. The van der Waals surface area contributed by atoms with Crippen molar-refractivity contribution in [3.05, 3.63) is 65.7 Å². The third-order valence-corrected chi connectivity index (χ3v) is 4.68. The molecule has 28 heavy (non-hydrogen) atoms. The number of nitrogens with one attached hydrogen (secondary N) is 3. The number of hydrogen-bond acceptors (Lipinski definition) is 3. The zero-order chi connectivity index (χ0) is 19.9. The van der Waals surface area contributed by atoms with Crippen LogP contribution in [0.4, 0.5) is 5.69 Å². The quantitative estimate of drug-likeness (QED) is 0.659. The van der Waals surface area contributed by atoms with Gasteiger partial charge in [0, 0.05) is 30.1 Å². The molecule has 1 atom stereocenters. The summed E-state index contributed by atoms with van der Waals surface area (Å²) in [6.45, 7) is 2.18. The van der Waals surface area contributed by atoms with Gasteiger partial charge in [-0.3, -0.25) is 14.4 Å². The van der Waals surface area contributed by atoms with Crippen molar-refractivity contribution < 1.29 is 14.4 Å². The lowest BCUT2D eigenvalue weighted by Gasteiger charge is -2.15. The monoisotopic (exact) mass is 379 g/mol. The van der Waals surface area contributed by atoms with Gasteiger partial charge in [-0.15, -0.1) is 0 Å². The fraction of sp³-hybridized carbons (Fsp3) is 0.318. The molecule has 3 rings (SSSR count). The highest BCUT2D eigenvalue weighted by Gasteiger charge is 2.29. The third kappa shape index (κ3) is 5.67. The summed E-state index contributed by atoms with van der Waals surface area (Å²) in [6.07, 6.45) is 2.15. The average Bonchev–Trinajstić information content (AvgIpc) is 3.54. The molecule has 1 aliphatic carbocycles. The lowest BCUT2D eigenvalue weighted by molar-refractivity contribution is -0.121. The molecule has 6 nitrogen and oxygen atoms in total. The van der Waals surface area contributed by atoms with Crippen LogP contribution in [-0.4, -0.2) is 24.3 Å². The Balaban J connectivity index is 1.40. The number of carbonyl (C=O) groups is 3. The Morgan fingerprint density at radius 2 is 1.68 bits per heavy atom. The Morgan fingerprint density at radius 1 is 1.00 bits per heavy atom. The van der Waals surface area contributed by atoms with E-state index in [2.05, 4.69) is 16.0 Å². The molecular formula is C22H25N3O3. The van der Waals surface area contributed by atoms with E-state index in [0.717, 1.165) is 24.1 Å². The van der Waals surface area contributed by atoms with Crippen molar-refractivity contribution in [1.29, 1.82) is 0 Å². The zero-order valence-electron chi connectivity index (χ0n) is 15.9. The maximum Gasteiger partial charge on any atom is 0.251 e. The molecule has 1 fully saturated rings. The fourth-order valence-corrected chi connectivity index (χ4v) is 2.82. The standard InChI is InChI=1S/C22H25N3O3/c1-15(16-9-11-19(12-10-16)25-22(28)18-7-8-18)24-20(26)13-14-23-21(27)17-5-3-2-4-6-17/h2-6,9-12,15,18H,7-8,13-14H2,1H3,(H,23,27)(H,24,26)(H,25,28). The smallest absolute Gasteiger partial charge is 0.251 e. The normalized spacial score (nSPS) is 14.0. The van der Waals surface area contributed by atoms with Crippen LogP contribution in [0.15, 0.2) is 54.6 Å². The van der Waals surface area contributed by atoms with E-state index in [1.165, 1.54) is 0 Å². The Morgan fingerprint density at radius 3 is 2.32 bits per heavy atom. The van der Waals surface area contributed by atoms with Crippen LogP contribution in [0.5, 0.6) is 0 Å². The number of rotatable bonds is 8. The SMILES string of the molecule is CC(NC(=O)CCNC(=O)c1ccccc1)c1ccc(NC(=O)C2CC2)cc1. The maximum atomic E-state index is 12.1. The van der Waals surface area contributed by atoms with E-state index in [1.54, 1.807) is 24.3 Å². The van der Waals surface area contributed by atoms with E-state index >= 15 is 0 Å². The molecule has 0 aromatic heterocycles. The molecule has 146 valence electrons. The highest BCUT2D eigenvalue weighted by Crippen LogP contribution is 2.30. The summed E-state index contributed by atoms with van der Waals surface area (Å²) in [7, 11) is 0. The van der Waals surface area contributed by atoms with Crippen LogP contribution in [0.25, 0.3) is 0 Å². The van der Waals surface area contributed by atoms with E-state index in [1.807, 2.05) is 37.3 Å². The lowest BCUT2D eigenvalue weighted by atomic mass is 10.1. The third-order valence-electron chi connectivity index (χ3n) is 4.68. The van der Waals surface area contributed by atoms with Crippen LogP contribution in [0, 0.1) is 5.92 Å². The van der Waals surface area contributed by atoms with Crippen molar-refractivity contribution in [2.45, 2.75) is 32.2 Å². The largest absolute Gasteiger partial charge is 0.352 e. The van der Waals surface area contributed by atoms with Crippen molar-refractivity contribution in [1.82, 2.24) is 10.6 Å². The molecule has 0 radical (unpaired) electrons. The minimum Gasteiger partial charge on any atom is -0.352 e. The van der Waals surface area contributed by atoms with Crippen molar-refractivity contribution in [2.75, 3.05) is 11.9 Å². The molecule has 0 heterocycles. The number of anilines is 1. The molecule has 0 bridgehead atoms. The van der Waals surface area contributed by atoms with Gasteiger partial charge in [-0.25, -0.2) is 0 Å². The molecule has 3 N–H and O–H groups in total. The van der Waals surface area contributed by atoms with Crippen LogP contribution < -0.4 is 16.0 Å². The minimum atomic E-state index is -0.190. The van der Waals surface area contributed by atoms with Gasteiger partial charge in [0.15, 0.2) is 0 Å². The second-order valence-corrected chi connectivity index (χ2v) is 7.05. The number of amides is 3. The van der Waals surface area contributed by atoms with E-state index in [-0.39, 0.29) is 42.6 Å². The van der Waals surface area contributed by atoms with Gasteiger partial charge in [-0.2, -0.15) is 0 Å². The molecule has 0 saturated heterocycles. The van der Waals surface area contributed by atoms with Gasteiger partial charge >= 0.3 is 0 Å². The molecule has 2 aromatic rings. The molecule has 1 aliphatic rings. The van der Waals surface area contributed by atoms with E-state index in [0.29, 0.717) is 5.56 Å². The van der Waals surface area contributed by atoms with E-state index in [9.17, 15) is 14.4 Å². The van der Waals surface area contributed by atoms with Crippen molar-refractivity contribution in [2.24, 2.45) is 5.92 Å². The maximum absolute atomic E-state index is 12.1. The highest BCUT2D eigenvalue weighted by atomic mass is 16.2. The number of carbonyl (C=O) groups excluding carboxylic acids is 3. The predicted octanol–water partition coefficient (Wildman–Crippen LogP) is 3.03. The average molecular weight is 379 g/mol. The topological polar surface area (TPSA) is 87.3 Å². The molecule has 1 unspecified atom stereocenters. The first-order valence-electron chi connectivity index (χ1n) is 9.56. The van der Waals surface area contributed by atoms with Gasteiger partial charge in [-0.05, 0) is 49.6 Å². The van der Waals surface area contributed by atoms with E-state index < -0.39 is 0 Å². The molecular weight excluding hydrogens is 354 g/mol. The highest BCUT2D eigenvalue weighted by molar-refractivity contribution is 5.94. The number of hydrogen-bond donors (Lipinski definition) is 3. The lowest BCUT2D eigenvalue weighted by Crippen LogP contribution is -2.32. The Labute approximate surface area is 164 Å². The van der Waals surface area contributed by atoms with Gasteiger partial charge in [-0.1, -0.05) is 30.3 Å². The van der Waals surface area contributed by atoms with Gasteiger partial charge in [0.25, 0.3) is 5.91 Å². The first kappa shape index (κ1) is 19.6. The summed E-state index contributed by atoms with van der Waals surface area (Å²) in [5, 5.41) is 8.56. The Kier molecular flexibility index (Phi) is 6.42. The molecule has 0 aliphatic heterocycles. The second-order valence-electron chi connectivity index (χ2n) is 7.05. The predicted molar refractivity (Wildman–Crippen MR) is 108 cm³/mol. The minimum absolute atomic E-state index is 0.0756. The second kappa shape index (κ2) is 9.17. The summed E-state index contributed by atoms with van der Waals surface area (Å²) in [5.41, 5.74) is 2.29. The fourth-order valence-electron chi connectivity index (χ4n) is 2.82. The summed E-state index contributed by atoms with van der Waals surface area (Å²) >= 11 is 0. The molecule has 6 heteroatoms. The molecule has 3 amide bonds. The van der Waals surface area contributed by atoms with Gasteiger partial charge in [0.1, 0.15) is 0 Å². The van der Waals surface area contributed by atoms with Crippen LogP contribution in [-0.2, 0) is 9.59 Å². The van der Waals surface area contributed by atoms with Crippen LogP contribution in [0.3, 0.4) is 0 Å². The van der Waals surface area contributed by atoms with Crippen molar-refractivity contribution in [3.63, 3.8) is 0 Å². The summed E-state index contributed by atoms with van der Waals surface area (Å²) in [6, 6.07) is 16.2. The van der Waals surface area contributed by atoms with E-state index in [4.69, 9.17) is 0 Å². The summed E-state index contributed by atoms with van der Waals surface area (Å²) < 4.78 is 0. The molecule has 2 aromatic carbocycles. The van der Waals surface area contributed by atoms with Gasteiger partial charge in [0.2, 0.25) is 11.8 Å². The van der Waals surface area contributed by atoms with Gasteiger partial charge < -0.3 is 16.0 Å². The Hall–Kier alpha value is -3.15. The van der Waals surface area contributed by atoms with Crippen LogP contribution >= 0.6 is 0 Å².